The first-order valence-corrected chi connectivity index (χ1v) is 6.75. The lowest BCUT2D eigenvalue weighted by atomic mass is 10.1. The number of hydrogen-bond donors (Lipinski definition) is 0. The number of carbonyl (C=O) groups is 1. The molecule has 0 saturated carbocycles. The molecule has 0 radical (unpaired) electrons. The highest BCUT2D eigenvalue weighted by molar-refractivity contribution is 7.16. The minimum atomic E-state index is -0.505. The van der Waals surface area contributed by atoms with Crippen LogP contribution in [0.4, 0.5) is 5.00 Å². The van der Waals surface area contributed by atoms with E-state index in [2.05, 4.69) is 0 Å². The molecule has 0 saturated heterocycles. The van der Waals surface area contributed by atoms with Gasteiger partial charge in [0.2, 0.25) is 5.78 Å². The van der Waals surface area contributed by atoms with Crippen molar-refractivity contribution in [2.75, 3.05) is 0 Å². The molecule has 2 rings (SSSR count). The standard InChI is InChI=1S/C12H6N2O3S2/c13-7-8(12(15)10-2-1-5-18-10)6-9-3-4-11(19-9)14(16)17/h1-6H. The largest absolute Gasteiger partial charge is 0.324 e. The van der Waals surface area contributed by atoms with Gasteiger partial charge in [-0.15, -0.1) is 11.3 Å². The Morgan fingerprint density at radius 2 is 2.21 bits per heavy atom. The molecular formula is C12H6N2O3S2. The molecule has 0 N–H and O–H groups in total. The van der Waals surface area contributed by atoms with E-state index in [4.69, 9.17) is 5.26 Å². The Kier molecular flexibility index (Phi) is 3.85. The fourth-order valence-corrected chi connectivity index (χ4v) is 2.79. The van der Waals surface area contributed by atoms with E-state index in [1.165, 1.54) is 29.5 Å². The third kappa shape index (κ3) is 2.93. The molecule has 0 unspecified atom stereocenters. The zero-order chi connectivity index (χ0) is 13.8. The quantitative estimate of drug-likeness (QED) is 0.283. The smallest absolute Gasteiger partial charge is 0.287 e. The Morgan fingerprint density at radius 3 is 2.74 bits per heavy atom. The van der Waals surface area contributed by atoms with Crippen molar-refractivity contribution in [2.24, 2.45) is 0 Å². The number of ketones is 1. The maximum Gasteiger partial charge on any atom is 0.324 e. The number of rotatable bonds is 4. The molecular weight excluding hydrogens is 284 g/mol. The van der Waals surface area contributed by atoms with E-state index in [1.54, 1.807) is 17.5 Å². The number of allylic oxidation sites excluding steroid dienone is 1. The van der Waals surface area contributed by atoms with E-state index in [0.717, 1.165) is 11.3 Å². The highest BCUT2D eigenvalue weighted by atomic mass is 32.1. The average molecular weight is 290 g/mol. The van der Waals surface area contributed by atoms with E-state index in [0.29, 0.717) is 9.75 Å². The van der Waals surface area contributed by atoms with Gasteiger partial charge in [-0.25, -0.2) is 0 Å². The second-order valence-electron chi connectivity index (χ2n) is 3.41. The van der Waals surface area contributed by atoms with E-state index < -0.39 is 4.92 Å². The number of thiophene rings is 2. The second kappa shape index (κ2) is 5.56. The van der Waals surface area contributed by atoms with Crippen LogP contribution in [0.5, 0.6) is 0 Å². The van der Waals surface area contributed by atoms with Gasteiger partial charge in [0.1, 0.15) is 11.6 Å². The highest BCUT2D eigenvalue weighted by Crippen LogP contribution is 2.26. The SMILES string of the molecule is N#CC(=Cc1ccc([N+](=O)[O-])s1)C(=O)c1cccs1. The lowest BCUT2D eigenvalue weighted by Gasteiger charge is -1.93. The first kappa shape index (κ1) is 13.1. The number of hydrogen-bond acceptors (Lipinski definition) is 6. The summed E-state index contributed by atoms with van der Waals surface area (Å²) < 4.78 is 0. The van der Waals surface area contributed by atoms with Gasteiger partial charge < -0.3 is 0 Å². The molecule has 0 aliphatic heterocycles. The summed E-state index contributed by atoms with van der Waals surface area (Å²) in [5.41, 5.74) is -0.0285. The minimum absolute atomic E-state index is 0.0212. The third-order valence-corrected chi connectivity index (χ3v) is 4.04. The van der Waals surface area contributed by atoms with Gasteiger partial charge in [0.15, 0.2) is 0 Å². The first-order chi connectivity index (χ1) is 9.11. The maximum absolute atomic E-state index is 12.0. The Hall–Kier alpha value is -2.30. The van der Waals surface area contributed by atoms with Crippen LogP contribution in [0.3, 0.4) is 0 Å². The summed E-state index contributed by atoms with van der Waals surface area (Å²) in [4.78, 5) is 23.0. The normalized spacial score (nSPS) is 11.0. The van der Waals surface area contributed by atoms with Crippen molar-refractivity contribution in [3.8, 4) is 6.07 Å². The molecule has 2 heterocycles. The highest BCUT2D eigenvalue weighted by Gasteiger charge is 2.15. The lowest BCUT2D eigenvalue weighted by molar-refractivity contribution is -0.380. The molecule has 0 spiro atoms. The molecule has 5 nitrogen and oxygen atoms in total. The second-order valence-corrected chi connectivity index (χ2v) is 5.45. The Labute approximate surface area is 116 Å². The summed E-state index contributed by atoms with van der Waals surface area (Å²) in [6.45, 7) is 0. The van der Waals surface area contributed by atoms with Crippen LogP contribution in [0.25, 0.3) is 6.08 Å². The number of nitro groups is 1. The molecule has 2 aromatic heterocycles. The van der Waals surface area contributed by atoms with Crippen molar-refractivity contribution in [3.63, 3.8) is 0 Å². The minimum Gasteiger partial charge on any atom is -0.287 e. The Balaban J connectivity index is 2.31. The summed E-state index contributed by atoms with van der Waals surface area (Å²) in [5, 5.41) is 21.3. The average Bonchev–Trinajstić information content (AvgIpc) is 3.06. The van der Waals surface area contributed by atoms with Gasteiger partial charge in [-0.1, -0.05) is 17.4 Å². The number of Topliss-reactive ketones (excluding diaryl/α,β-unsaturated/α-hetero) is 1. The van der Waals surface area contributed by atoms with Crippen LogP contribution in [0, 0.1) is 21.4 Å². The molecule has 0 aliphatic rings. The third-order valence-electron chi connectivity index (χ3n) is 2.19. The Morgan fingerprint density at radius 1 is 1.42 bits per heavy atom. The first-order valence-electron chi connectivity index (χ1n) is 5.06. The van der Waals surface area contributed by atoms with Gasteiger partial charge in [0.25, 0.3) is 0 Å². The summed E-state index contributed by atoms with van der Waals surface area (Å²) in [6, 6.07) is 8.06. The van der Waals surface area contributed by atoms with Gasteiger partial charge in [0.05, 0.1) is 9.80 Å². The zero-order valence-electron chi connectivity index (χ0n) is 9.40. The van der Waals surface area contributed by atoms with Gasteiger partial charge in [0, 0.05) is 10.9 Å². The van der Waals surface area contributed by atoms with Crippen LogP contribution >= 0.6 is 22.7 Å². The van der Waals surface area contributed by atoms with Gasteiger partial charge >= 0.3 is 5.00 Å². The van der Waals surface area contributed by atoms with Crippen LogP contribution < -0.4 is 0 Å². The molecule has 0 aliphatic carbocycles. The fraction of sp³-hybridized carbons (Fsp3) is 0. The molecule has 0 fully saturated rings. The maximum atomic E-state index is 12.0. The number of nitriles is 1. The van der Waals surface area contributed by atoms with Crippen molar-refractivity contribution in [3.05, 3.63) is 55.1 Å². The molecule has 7 heteroatoms. The molecule has 2 aromatic rings. The number of carbonyl (C=O) groups excluding carboxylic acids is 1. The monoisotopic (exact) mass is 290 g/mol. The topological polar surface area (TPSA) is 84.0 Å². The van der Waals surface area contributed by atoms with Crippen LogP contribution in [-0.2, 0) is 0 Å². The van der Waals surface area contributed by atoms with Crippen molar-refractivity contribution in [2.45, 2.75) is 0 Å². The van der Waals surface area contributed by atoms with Crippen LogP contribution in [0.15, 0.2) is 35.2 Å². The molecule has 19 heavy (non-hydrogen) atoms. The fourth-order valence-electron chi connectivity index (χ4n) is 1.35. The van der Waals surface area contributed by atoms with Gasteiger partial charge in [-0.2, -0.15) is 5.26 Å². The van der Waals surface area contributed by atoms with E-state index in [9.17, 15) is 14.9 Å². The van der Waals surface area contributed by atoms with Crippen molar-refractivity contribution in [1.29, 1.82) is 5.26 Å². The van der Waals surface area contributed by atoms with Crippen LogP contribution in [0.1, 0.15) is 14.5 Å². The van der Waals surface area contributed by atoms with E-state index >= 15 is 0 Å². The van der Waals surface area contributed by atoms with Gasteiger partial charge in [-0.3, -0.25) is 14.9 Å². The molecule has 0 bridgehead atoms. The predicted molar refractivity (Wildman–Crippen MR) is 73.2 cm³/mol. The zero-order valence-corrected chi connectivity index (χ0v) is 11.0. The van der Waals surface area contributed by atoms with Crippen LogP contribution in [0.2, 0.25) is 0 Å². The van der Waals surface area contributed by atoms with E-state index in [-0.39, 0.29) is 16.4 Å². The summed E-state index contributed by atoms with van der Waals surface area (Å²) >= 11 is 2.17. The predicted octanol–water partition coefficient (Wildman–Crippen LogP) is 3.51. The summed E-state index contributed by atoms with van der Waals surface area (Å²) in [5.74, 6) is -0.367. The summed E-state index contributed by atoms with van der Waals surface area (Å²) in [7, 11) is 0. The van der Waals surface area contributed by atoms with E-state index in [1.807, 2.05) is 6.07 Å². The van der Waals surface area contributed by atoms with Gasteiger partial charge in [-0.05, 0) is 23.6 Å². The molecule has 94 valence electrons. The lowest BCUT2D eigenvalue weighted by Crippen LogP contribution is -1.98. The Bertz CT molecular complexity index is 693. The summed E-state index contributed by atoms with van der Waals surface area (Å²) in [6.07, 6.45) is 1.37. The molecule has 0 amide bonds. The van der Waals surface area contributed by atoms with Crippen molar-refractivity contribution < 1.29 is 9.72 Å². The molecule has 0 atom stereocenters. The number of nitrogens with zero attached hydrogens (tertiary/aromatic N) is 2. The van der Waals surface area contributed by atoms with Crippen LogP contribution in [-0.4, -0.2) is 10.7 Å². The molecule has 0 aromatic carbocycles. The van der Waals surface area contributed by atoms with Crippen molar-refractivity contribution in [1.82, 2.24) is 0 Å². The van der Waals surface area contributed by atoms with Crippen molar-refractivity contribution >= 4 is 39.5 Å².